The molecular formula is C14H19N3O3. The molecule has 1 N–H and O–H groups in total. The third-order valence-corrected chi connectivity index (χ3v) is 4.33. The molecule has 2 aliphatic heterocycles. The van der Waals surface area contributed by atoms with Crippen LogP contribution in [0.4, 0.5) is 11.4 Å². The smallest absolute Gasteiger partial charge is 0.311 e. The van der Waals surface area contributed by atoms with E-state index in [2.05, 4.69) is 10.2 Å². The number of methoxy groups -OCH3 is 1. The lowest BCUT2D eigenvalue weighted by Gasteiger charge is -2.22. The molecule has 0 saturated carbocycles. The predicted molar refractivity (Wildman–Crippen MR) is 76.3 cm³/mol. The van der Waals surface area contributed by atoms with Crippen molar-refractivity contribution in [1.82, 2.24) is 4.90 Å². The van der Waals surface area contributed by atoms with Crippen LogP contribution >= 0.6 is 0 Å². The number of nitrogens with zero attached hydrogens (tertiary/aromatic N) is 2. The van der Waals surface area contributed by atoms with Gasteiger partial charge >= 0.3 is 5.69 Å². The number of hydrogen-bond acceptors (Lipinski definition) is 5. The third-order valence-electron chi connectivity index (χ3n) is 4.33. The Kier molecular flexibility index (Phi) is 3.48. The first-order valence-corrected chi connectivity index (χ1v) is 7.02. The fourth-order valence-electron chi connectivity index (χ4n) is 3.38. The van der Waals surface area contributed by atoms with Crippen LogP contribution in [-0.2, 0) is 0 Å². The van der Waals surface area contributed by atoms with Crippen LogP contribution in [0.2, 0.25) is 0 Å². The SMILES string of the molecule is COc1cc(NC2CCN3CCCC23)ccc1[N+](=O)[O-]. The summed E-state index contributed by atoms with van der Waals surface area (Å²) >= 11 is 0. The summed E-state index contributed by atoms with van der Waals surface area (Å²) in [7, 11) is 1.46. The summed E-state index contributed by atoms with van der Waals surface area (Å²) in [5, 5.41) is 14.4. The van der Waals surface area contributed by atoms with Gasteiger partial charge in [0.2, 0.25) is 0 Å². The molecule has 2 aliphatic rings. The van der Waals surface area contributed by atoms with Gasteiger partial charge in [0, 0.05) is 36.4 Å². The molecule has 0 amide bonds. The number of benzene rings is 1. The number of rotatable bonds is 4. The van der Waals surface area contributed by atoms with Crippen LogP contribution in [-0.4, -0.2) is 42.1 Å². The topological polar surface area (TPSA) is 67.6 Å². The van der Waals surface area contributed by atoms with Crippen LogP contribution < -0.4 is 10.1 Å². The minimum Gasteiger partial charge on any atom is -0.490 e. The van der Waals surface area contributed by atoms with Gasteiger partial charge in [-0.25, -0.2) is 0 Å². The molecule has 3 rings (SSSR count). The molecule has 6 heteroatoms. The molecule has 6 nitrogen and oxygen atoms in total. The van der Waals surface area contributed by atoms with Crippen molar-refractivity contribution >= 4 is 11.4 Å². The number of ether oxygens (including phenoxy) is 1. The van der Waals surface area contributed by atoms with Gasteiger partial charge in [-0.15, -0.1) is 0 Å². The summed E-state index contributed by atoms with van der Waals surface area (Å²) in [5.41, 5.74) is 0.901. The molecule has 20 heavy (non-hydrogen) atoms. The highest BCUT2D eigenvalue weighted by molar-refractivity contribution is 5.58. The average Bonchev–Trinajstić information content (AvgIpc) is 3.03. The van der Waals surface area contributed by atoms with E-state index in [1.807, 2.05) is 0 Å². The van der Waals surface area contributed by atoms with Crippen molar-refractivity contribution < 1.29 is 9.66 Å². The summed E-state index contributed by atoms with van der Waals surface area (Å²) in [5.74, 6) is 0.307. The van der Waals surface area contributed by atoms with Crippen molar-refractivity contribution in [3.8, 4) is 5.75 Å². The third kappa shape index (κ3) is 2.31. The number of hydrogen-bond donors (Lipinski definition) is 1. The Hall–Kier alpha value is -1.82. The number of fused-ring (bicyclic) bond motifs is 1. The lowest BCUT2D eigenvalue weighted by Crippen LogP contribution is -2.33. The van der Waals surface area contributed by atoms with Crippen LogP contribution in [0, 0.1) is 10.1 Å². The highest BCUT2D eigenvalue weighted by Crippen LogP contribution is 2.33. The molecule has 0 aromatic heterocycles. The van der Waals surface area contributed by atoms with Crippen molar-refractivity contribution in [3.05, 3.63) is 28.3 Å². The van der Waals surface area contributed by atoms with E-state index in [0.717, 1.165) is 18.7 Å². The minimum absolute atomic E-state index is 0.00645. The Morgan fingerprint density at radius 1 is 1.40 bits per heavy atom. The van der Waals surface area contributed by atoms with Crippen LogP contribution in [0.3, 0.4) is 0 Å². The quantitative estimate of drug-likeness (QED) is 0.675. The largest absolute Gasteiger partial charge is 0.490 e. The maximum Gasteiger partial charge on any atom is 0.311 e. The number of nitrogens with one attached hydrogen (secondary N) is 1. The molecule has 0 radical (unpaired) electrons. The lowest BCUT2D eigenvalue weighted by molar-refractivity contribution is -0.385. The highest BCUT2D eigenvalue weighted by Gasteiger charge is 2.37. The molecule has 2 unspecified atom stereocenters. The van der Waals surface area contributed by atoms with Crippen molar-refractivity contribution in [2.45, 2.75) is 31.3 Å². The van der Waals surface area contributed by atoms with Gasteiger partial charge in [-0.3, -0.25) is 15.0 Å². The van der Waals surface area contributed by atoms with E-state index in [0.29, 0.717) is 17.8 Å². The van der Waals surface area contributed by atoms with E-state index in [4.69, 9.17) is 4.74 Å². The van der Waals surface area contributed by atoms with Gasteiger partial charge in [-0.05, 0) is 31.9 Å². The zero-order valence-electron chi connectivity index (χ0n) is 11.5. The predicted octanol–water partition coefficient (Wildman–Crippen LogP) is 2.25. The summed E-state index contributed by atoms with van der Waals surface area (Å²) in [4.78, 5) is 13.0. The molecule has 1 aromatic carbocycles. The molecule has 2 fully saturated rings. The second-order valence-electron chi connectivity index (χ2n) is 5.43. The summed E-state index contributed by atoms with van der Waals surface area (Å²) in [6, 6.07) is 6.02. The van der Waals surface area contributed by atoms with Crippen LogP contribution in [0.15, 0.2) is 18.2 Å². The van der Waals surface area contributed by atoms with Gasteiger partial charge < -0.3 is 10.1 Å². The summed E-state index contributed by atoms with van der Waals surface area (Å²) in [6.07, 6.45) is 3.64. The second-order valence-corrected chi connectivity index (χ2v) is 5.43. The first-order valence-electron chi connectivity index (χ1n) is 7.02. The first-order chi connectivity index (χ1) is 9.69. The lowest BCUT2D eigenvalue weighted by atomic mass is 10.1. The summed E-state index contributed by atoms with van der Waals surface area (Å²) < 4.78 is 5.11. The molecule has 1 aromatic rings. The fraction of sp³-hybridized carbons (Fsp3) is 0.571. The normalized spacial score (nSPS) is 25.4. The first kappa shape index (κ1) is 13.2. The van der Waals surface area contributed by atoms with Gasteiger partial charge in [0.1, 0.15) is 0 Å². The monoisotopic (exact) mass is 277 g/mol. The summed E-state index contributed by atoms with van der Waals surface area (Å²) in [6.45, 7) is 2.35. The minimum atomic E-state index is -0.420. The van der Waals surface area contributed by atoms with Crippen molar-refractivity contribution in [2.75, 3.05) is 25.5 Å². The average molecular weight is 277 g/mol. The standard InChI is InChI=1S/C14H19N3O3/c1-20-14-9-10(4-5-13(14)17(18)19)15-11-6-8-16-7-2-3-12(11)16/h4-5,9,11-12,15H,2-3,6-8H2,1H3. The zero-order chi connectivity index (χ0) is 14.1. The van der Waals surface area contributed by atoms with Gasteiger partial charge in [-0.2, -0.15) is 0 Å². The van der Waals surface area contributed by atoms with Gasteiger partial charge in [0.15, 0.2) is 5.75 Å². The number of nitro benzene ring substituents is 1. The van der Waals surface area contributed by atoms with Crippen molar-refractivity contribution in [3.63, 3.8) is 0 Å². The Bertz CT molecular complexity index is 520. The highest BCUT2D eigenvalue weighted by atomic mass is 16.6. The van der Waals surface area contributed by atoms with E-state index in [9.17, 15) is 10.1 Å². The number of anilines is 1. The van der Waals surface area contributed by atoms with Crippen LogP contribution in [0.1, 0.15) is 19.3 Å². The zero-order valence-corrected chi connectivity index (χ0v) is 11.5. The van der Waals surface area contributed by atoms with E-state index in [-0.39, 0.29) is 5.69 Å². The van der Waals surface area contributed by atoms with Gasteiger partial charge in [0.25, 0.3) is 0 Å². The van der Waals surface area contributed by atoms with E-state index in [1.165, 1.54) is 32.6 Å². The molecule has 2 saturated heterocycles. The molecular weight excluding hydrogens is 258 g/mol. The van der Waals surface area contributed by atoms with E-state index < -0.39 is 4.92 Å². The van der Waals surface area contributed by atoms with Crippen LogP contribution in [0.5, 0.6) is 5.75 Å². The van der Waals surface area contributed by atoms with Crippen LogP contribution in [0.25, 0.3) is 0 Å². The maximum absolute atomic E-state index is 10.9. The van der Waals surface area contributed by atoms with Crippen molar-refractivity contribution in [2.24, 2.45) is 0 Å². The van der Waals surface area contributed by atoms with Gasteiger partial charge in [0.05, 0.1) is 12.0 Å². The molecule has 2 atom stereocenters. The number of nitro groups is 1. The van der Waals surface area contributed by atoms with E-state index in [1.54, 1.807) is 12.1 Å². The molecule has 2 heterocycles. The molecule has 108 valence electrons. The Balaban J connectivity index is 1.76. The van der Waals surface area contributed by atoms with Gasteiger partial charge in [-0.1, -0.05) is 0 Å². The Labute approximate surface area is 117 Å². The molecule has 0 aliphatic carbocycles. The second kappa shape index (κ2) is 5.28. The Morgan fingerprint density at radius 3 is 3.00 bits per heavy atom. The maximum atomic E-state index is 10.9. The molecule has 0 spiro atoms. The van der Waals surface area contributed by atoms with E-state index >= 15 is 0 Å². The Morgan fingerprint density at radius 2 is 2.25 bits per heavy atom. The molecule has 0 bridgehead atoms. The fourth-order valence-corrected chi connectivity index (χ4v) is 3.38. The van der Waals surface area contributed by atoms with Crippen molar-refractivity contribution in [1.29, 1.82) is 0 Å².